The van der Waals surface area contributed by atoms with Crippen LogP contribution in [0.4, 0.5) is 0 Å². The average molecular weight is 370 g/mol. The van der Waals surface area contributed by atoms with E-state index in [2.05, 4.69) is 0 Å². The highest BCUT2D eigenvalue weighted by atomic mass is 32.2. The van der Waals surface area contributed by atoms with Gasteiger partial charge in [0.25, 0.3) is 0 Å². The van der Waals surface area contributed by atoms with Crippen LogP contribution in [0.2, 0.25) is 0 Å². The van der Waals surface area contributed by atoms with Gasteiger partial charge in [-0.05, 0) is 13.0 Å². The Morgan fingerprint density at radius 3 is 2.54 bits per heavy atom. The molecule has 4 rings (SSSR count). The van der Waals surface area contributed by atoms with Crippen molar-refractivity contribution in [2.75, 3.05) is 14.2 Å². The van der Waals surface area contributed by atoms with Crippen molar-refractivity contribution in [3.63, 3.8) is 0 Å². The minimum atomic E-state index is -1.24. The van der Waals surface area contributed by atoms with Gasteiger partial charge in [-0.2, -0.15) is 5.10 Å². The lowest BCUT2D eigenvalue weighted by atomic mass is 9.87. The largest absolute Gasteiger partial charge is 0.468 e. The molecular weight excluding hydrogens is 352 g/mol. The summed E-state index contributed by atoms with van der Waals surface area (Å²) in [5.74, 6) is -1.01. The van der Waals surface area contributed by atoms with Crippen molar-refractivity contribution in [3.8, 4) is 0 Å². The first-order valence-electron chi connectivity index (χ1n) is 8.21. The summed E-state index contributed by atoms with van der Waals surface area (Å²) in [7, 11) is 2.65. The molecule has 0 spiro atoms. The van der Waals surface area contributed by atoms with E-state index in [4.69, 9.17) is 14.6 Å². The molecular formula is C19H18N2O4S. The van der Waals surface area contributed by atoms with Crippen LogP contribution in [0.3, 0.4) is 0 Å². The zero-order valence-electron chi connectivity index (χ0n) is 14.6. The van der Waals surface area contributed by atoms with E-state index in [1.165, 1.54) is 26.0 Å². The highest BCUT2D eigenvalue weighted by Crippen LogP contribution is 2.51. The molecule has 3 aliphatic rings. The third kappa shape index (κ3) is 2.23. The quantitative estimate of drug-likeness (QED) is 0.599. The first-order chi connectivity index (χ1) is 12.5. The van der Waals surface area contributed by atoms with Gasteiger partial charge >= 0.3 is 11.9 Å². The monoisotopic (exact) mass is 370 g/mol. The lowest BCUT2D eigenvalue weighted by Gasteiger charge is -2.47. The van der Waals surface area contributed by atoms with E-state index < -0.39 is 22.7 Å². The van der Waals surface area contributed by atoms with Crippen LogP contribution in [0.25, 0.3) is 0 Å². The smallest absolute Gasteiger partial charge is 0.335 e. The maximum atomic E-state index is 12.9. The summed E-state index contributed by atoms with van der Waals surface area (Å²) < 4.78 is 8.85. The second-order valence-corrected chi connectivity index (χ2v) is 7.61. The van der Waals surface area contributed by atoms with Crippen LogP contribution in [0, 0.1) is 6.92 Å². The molecule has 0 fully saturated rings. The fourth-order valence-electron chi connectivity index (χ4n) is 3.58. The number of thioether (sulfide) groups is 1. The second kappa shape index (κ2) is 6.02. The summed E-state index contributed by atoms with van der Waals surface area (Å²) in [6, 6.07) is 7.34. The number of nitrogens with zero attached hydrogens (tertiary/aromatic N) is 2. The van der Waals surface area contributed by atoms with E-state index in [0.29, 0.717) is 10.6 Å². The van der Waals surface area contributed by atoms with Crippen LogP contribution >= 0.6 is 11.8 Å². The van der Waals surface area contributed by atoms with Crippen molar-refractivity contribution < 1.29 is 19.1 Å². The lowest BCUT2D eigenvalue weighted by Crippen LogP contribution is -2.61. The number of ether oxygens (including phenoxy) is 2. The van der Waals surface area contributed by atoms with Gasteiger partial charge in [0, 0.05) is 5.56 Å². The zero-order chi connectivity index (χ0) is 18.5. The standard InChI is InChI=1S/C19H18N2O4S/c1-11-4-6-12(7-5-11)16-20-21-13-8-9-15(21)19(26-16,18(23)25-3)14(10-13)17(22)24-2/h4-10,13,15H,1-3H3. The summed E-state index contributed by atoms with van der Waals surface area (Å²) in [6.45, 7) is 2.01. The van der Waals surface area contributed by atoms with Crippen molar-refractivity contribution in [2.24, 2.45) is 5.10 Å². The molecule has 4 bridgehead atoms. The van der Waals surface area contributed by atoms with Crippen molar-refractivity contribution in [2.45, 2.75) is 23.8 Å². The zero-order valence-corrected chi connectivity index (χ0v) is 15.4. The number of rotatable bonds is 3. The molecule has 0 saturated carbocycles. The summed E-state index contributed by atoms with van der Waals surface area (Å²) in [4.78, 5) is 25.4. The van der Waals surface area contributed by atoms with Gasteiger partial charge in [0.2, 0.25) is 0 Å². The number of carbonyl (C=O) groups is 2. The summed E-state index contributed by atoms with van der Waals surface area (Å²) in [5, 5.41) is 7.29. The number of hydrogen-bond acceptors (Lipinski definition) is 7. The Morgan fingerprint density at radius 2 is 1.88 bits per heavy atom. The average Bonchev–Trinajstić information content (AvgIpc) is 2.98. The Morgan fingerprint density at radius 1 is 1.15 bits per heavy atom. The molecule has 1 aromatic carbocycles. The third-order valence-corrected chi connectivity index (χ3v) is 6.35. The molecule has 7 heteroatoms. The van der Waals surface area contributed by atoms with Crippen molar-refractivity contribution in [1.82, 2.24) is 5.01 Å². The Balaban J connectivity index is 1.88. The van der Waals surface area contributed by atoms with E-state index in [1.807, 2.05) is 48.4 Å². The van der Waals surface area contributed by atoms with E-state index in [0.717, 1.165) is 11.1 Å². The highest BCUT2D eigenvalue weighted by molar-refractivity contribution is 8.16. The van der Waals surface area contributed by atoms with Crippen molar-refractivity contribution in [3.05, 3.63) is 59.2 Å². The summed E-state index contributed by atoms with van der Waals surface area (Å²) >= 11 is 1.25. The molecule has 3 unspecified atom stereocenters. The van der Waals surface area contributed by atoms with Gasteiger partial charge < -0.3 is 9.47 Å². The topological polar surface area (TPSA) is 68.2 Å². The van der Waals surface area contributed by atoms with Crippen LogP contribution < -0.4 is 0 Å². The van der Waals surface area contributed by atoms with Crippen LogP contribution in [0.15, 0.2) is 53.2 Å². The minimum Gasteiger partial charge on any atom is -0.468 e. The predicted molar refractivity (Wildman–Crippen MR) is 98.7 cm³/mol. The number of aryl methyl sites for hydroxylation is 1. The number of methoxy groups -OCH3 is 2. The Kier molecular flexibility index (Phi) is 3.91. The maximum Gasteiger partial charge on any atom is 0.335 e. The van der Waals surface area contributed by atoms with Gasteiger partial charge in [0.15, 0.2) is 4.75 Å². The molecule has 6 nitrogen and oxygen atoms in total. The van der Waals surface area contributed by atoms with Gasteiger partial charge in [-0.3, -0.25) is 9.80 Å². The number of hydrogen-bond donors (Lipinski definition) is 0. The van der Waals surface area contributed by atoms with E-state index in [1.54, 1.807) is 6.08 Å². The van der Waals surface area contributed by atoms with Gasteiger partial charge in [-0.25, -0.2) is 4.79 Å². The van der Waals surface area contributed by atoms with Crippen LogP contribution in [0.5, 0.6) is 0 Å². The Bertz CT molecular complexity index is 874. The third-order valence-electron chi connectivity index (χ3n) is 4.89. The molecule has 3 heterocycles. The van der Waals surface area contributed by atoms with Crippen LogP contribution in [-0.2, 0) is 19.1 Å². The fraction of sp³-hybridized carbons (Fsp3) is 0.316. The number of esters is 2. The van der Waals surface area contributed by atoms with Gasteiger partial charge in [-0.1, -0.05) is 53.7 Å². The van der Waals surface area contributed by atoms with Crippen LogP contribution in [-0.4, -0.2) is 53.0 Å². The highest BCUT2D eigenvalue weighted by Gasteiger charge is 2.62. The molecule has 3 atom stereocenters. The molecule has 0 amide bonds. The Labute approximate surface area is 155 Å². The lowest BCUT2D eigenvalue weighted by molar-refractivity contribution is -0.147. The van der Waals surface area contributed by atoms with E-state index >= 15 is 0 Å². The molecule has 0 radical (unpaired) electrons. The maximum absolute atomic E-state index is 12.9. The molecule has 26 heavy (non-hydrogen) atoms. The molecule has 0 aliphatic carbocycles. The first-order valence-corrected chi connectivity index (χ1v) is 9.03. The predicted octanol–water partition coefficient (Wildman–Crippen LogP) is 2.04. The van der Waals surface area contributed by atoms with Gasteiger partial charge in [0.05, 0.1) is 31.9 Å². The van der Waals surface area contributed by atoms with Crippen molar-refractivity contribution in [1.29, 1.82) is 0 Å². The molecule has 0 aromatic heterocycles. The summed E-state index contributed by atoms with van der Waals surface area (Å²) in [5.41, 5.74) is 2.34. The van der Waals surface area contributed by atoms with Gasteiger partial charge in [0.1, 0.15) is 5.04 Å². The number of carbonyl (C=O) groups excluding carboxylic acids is 2. The SMILES string of the molecule is COC(=O)C1=CC2C=CC3N2N=C(c2ccc(C)cc2)SC13C(=O)OC. The normalized spacial score (nSPS) is 28.3. The Hall–Kier alpha value is -2.54. The number of hydrazone groups is 1. The van der Waals surface area contributed by atoms with E-state index in [9.17, 15) is 9.59 Å². The first kappa shape index (κ1) is 16.9. The minimum absolute atomic E-state index is 0.187. The van der Waals surface area contributed by atoms with E-state index in [-0.39, 0.29) is 6.04 Å². The second-order valence-electron chi connectivity index (χ2n) is 6.37. The molecule has 0 saturated heterocycles. The fourth-order valence-corrected chi connectivity index (χ4v) is 5.01. The number of benzene rings is 1. The van der Waals surface area contributed by atoms with Gasteiger partial charge in [-0.15, -0.1) is 0 Å². The molecule has 1 aromatic rings. The van der Waals surface area contributed by atoms with Crippen LogP contribution in [0.1, 0.15) is 11.1 Å². The summed E-state index contributed by atoms with van der Waals surface area (Å²) in [6.07, 6.45) is 5.60. The molecule has 134 valence electrons. The molecule has 0 N–H and O–H groups in total. The molecule has 3 aliphatic heterocycles. The van der Waals surface area contributed by atoms with Crippen molar-refractivity contribution >= 4 is 28.7 Å².